The molecule has 274 valence electrons. The first-order chi connectivity index (χ1) is 29.8. The minimum Gasteiger partial charge on any atom is -0.0622 e. The highest BCUT2D eigenvalue weighted by Gasteiger charge is 2.29. The van der Waals surface area contributed by atoms with Gasteiger partial charge >= 0.3 is 0 Å². The molecule has 0 heterocycles. The molecule has 0 aliphatic heterocycles. The first kappa shape index (κ1) is 32.2. The van der Waals surface area contributed by atoms with Crippen LogP contribution in [0.3, 0.4) is 0 Å². The molecule has 1 aliphatic rings. The molecule has 0 bridgehead atoms. The molecule has 0 atom stereocenters. The van der Waals surface area contributed by atoms with Crippen LogP contribution < -0.4 is 0 Å². The van der Waals surface area contributed by atoms with Crippen molar-refractivity contribution in [2.45, 2.75) is 0 Å². The van der Waals surface area contributed by atoms with Crippen LogP contribution in [0.15, 0.2) is 206 Å². The number of rotatable bonds is 3. The quantitative estimate of drug-likeness (QED) is 0.124. The van der Waals surface area contributed by atoms with E-state index in [0.717, 1.165) is 0 Å². The molecule has 0 nitrogen and oxygen atoms in total. The van der Waals surface area contributed by atoms with Crippen molar-refractivity contribution in [2.75, 3.05) is 0 Å². The first-order valence-corrected chi connectivity index (χ1v) is 21.0. The van der Waals surface area contributed by atoms with E-state index in [1.54, 1.807) is 0 Å². The molecule has 0 saturated carbocycles. The van der Waals surface area contributed by atoms with Crippen molar-refractivity contribution in [3.8, 4) is 55.6 Å². The summed E-state index contributed by atoms with van der Waals surface area (Å²) in [5, 5.41) is 21.0. The van der Waals surface area contributed by atoms with Gasteiger partial charge in [-0.25, -0.2) is 0 Å². The van der Waals surface area contributed by atoms with Crippen molar-refractivity contribution in [1.82, 2.24) is 0 Å². The Labute approximate surface area is 346 Å². The highest BCUT2D eigenvalue weighted by Crippen LogP contribution is 2.56. The average Bonchev–Trinajstić information content (AvgIpc) is 3.64. The van der Waals surface area contributed by atoms with E-state index >= 15 is 0 Å². The fourth-order valence-electron chi connectivity index (χ4n) is 11.2. The molecule has 0 unspecified atom stereocenters. The molecule has 13 aromatic carbocycles. The Morgan fingerprint density at radius 2 is 0.617 bits per heavy atom. The van der Waals surface area contributed by atoms with Crippen LogP contribution in [-0.2, 0) is 0 Å². The molecule has 60 heavy (non-hydrogen) atoms. The largest absolute Gasteiger partial charge is 0.0622 e. The lowest BCUT2D eigenvalue weighted by Gasteiger charge is -2.23. The van der Waals surface area contributed by atoms with Crippen LogP contribution in [-0.4, -0.2) is 0 Å². The molecule has 0 heteroatoms. The molecular weight excluding hydrogens is 721 g/mol. The predicted molar refractivity (Wildman–Crippen MR) is 258 cm³/mol. The number of fused-ring (bicyclic) bond motifs is 12. The predicted octanol–water partition coefficient (Wildman–Crippen LogP) is 17.0. The van der Waals surface area contributed by atoms with Crippen LogP contribution in [0.4, 0.5) is 0 Å². The number of hydrogen-bond donors (Lipinski definition) is 0. The third-order valence-electron chi connectivity index (χ3n) is 13.7. The zero-order valence-corrected chi connectivity index (χ0v) is 32.6. The van der Waals surface area contributed by atoms with Crippen molar-refractivity contribution in [3.63, 3.8) is 0 Å². The van der Waals surface area contributed by atoms with E-state index in [1.807, 2.05) is 0 Å². The van der Waals surface area contributed by atoms with E-state index in [-0.39, 0.29) is 0 Å². The van der Waals surface area contributed by atoms with Gasteiger partial charge in [-0.05, 0) is 160 Å². The van der Waals surface area contributed by atoms with Gasteiger partial charge in [-0.15, -0.1) is 0 Å². The van der Waals surface area contributed by atoms with Gasteiger partial charge in [0.25, 0.3) is 0 Å². The molecule has 1 aliphatic carbocycles. The third-order valence-corrected chi connectivity index (χ3v) is 13.7. The zero-order chi connectivity index (χ0) is 39.1. The molecule has 13 aromatic rings. The van der Waals surface area contributed by atoms with Crippen LogP contribution in [0.1, 0.15) is 0 Å². The van der Waals surface area contributed by atoms with Gasteiger partial charge in [-0.3, -0.25) is 0 Å². The molecule has 0 spiro atoms. The standard InChI is InChI=1S/C60H34/c1-4-14-35(15-5-1)39-26-27-41-40-22-10-11-23-42(40)59-55(37-16-6-2-7-17-37)52-33-49-47-30-28-45-43-24-12-20-36-21-13-25-44(54(36)43)46-29-31-48(58(47)57(45)46)50(49)34-53(52)56(60(59)51(41)32-39)38-18-8-3-9-19-38/h1-34H. The second-order valence-corrected chi connectivity index (χ2v) is 16.6. The zero-order valence-electron chi connectivity index (χ0n) is 32.6. The van der Waals surface area contributed by atoms with Gasteiger partial charge in [0.05, 0.1) is 0 Å². The molecule has 0 saturated heterocycles. The van der Waals surface area contributed by atoms with E-state index in [9.17, 15) is 0 Å². The lowest BCUT2D eigenvalue weighted by molar-refractivity contribution is 1.65. The monoisotopic (exact) mass is 754 g/mol. The number of hydrogen-bond acceptors (Lipinski definition) is 0. The van der Waals surface area contributed by atoms with Crippen LogP contribution in [0, 0.1) is 0 Å². The normalized spacial score (nSPS) is 12.3. The van der Waals surface area contributed by atoms with Gasteiger partial charge in [0, 0.05) is 0 Å². The summed E-state index contributed by atoms with van der Waals surface area (Å²) < 4.78 is 0. The Balaban J connectivity index is 1.21. The third kappa shape index (κ3) is 4.19. The van der Waals surface area contributed by atoms with Crippen LogP contribution >= 0.6 is 0 Å². The molecule has 0 radical (unpaired) electrons. The summed E-state index contributed by atoms with van der Waals surface area (Å²) in [6.45, 7) is 0. The summed E-state index contributed by atoms with van der Waals surface area (Å²) in [6.07, 6.45) is 0. The smallest absolute Gasteiger partial charge is 0.000742 e. The number of benzene rings is 13. The summed E-state index contributed by atoms with van der Waals surface area (Å²) in [7, 11) is 0. The molecule has 0 amide bonds. The minimum atomic E-state index is 1.22. The van der Waals surface area contributed by atoms with Gasteiger partial charge in [0.1, 0.15) is 0 Å². The lowest BCUT2D eigenvalue weighted by Crippen LogP contribution is -1.95. The maximum atomic E-state index is 2.55. The van der Waals surface area contributed by atoms with Crippen molar-refractivity contribution in [2.24, 2.45) is 0 Å². The molecular formula is C60H34. The van der Waals surface area contributed by atoms with Gasteiger partial charge in [-0.2, -0.15) is 0 Å². The summed E-state index contributed by atoms with van der Waals surface area (Å²) in [4.78, 5) is 0. The van der Waals surface area contributed by atoms with Crippen LogP contribution in [0.2, 0.25) is 0 Å². The Kier molecular flexibility index (Phi) is 6.38. The Morgan fingerprint density at radius 3 is 1.20 bits per heavy atom. The summed E-state index contributed by atoms with van der Waals surface area (Å²) in [5.41, 5.74) is 12.7. The Bertz CT molecular complexity index is 3900. The van der Waals surface area contributed by atoms with E-state index < -0.39 is 0 Å². The summed E-state index contributed by atoms with van der Waals surface area (Å²) in [5.74, 6) is 0. The van der Waals surface area contributed by atoms with Crippen LogP contribution in [0.25, 0.3) is 142 Å². The minimum absolute atomic E-state index is 1.22. The van der Waals surface area contributed by atoms with Gasteiger partial charge in [-0.1, -0.05) is 188 Å². The second kappa shape index (κ2) is 11.9. The van der Waals surface area contributed by atoms with Crippen molar-refractivity contribution < 1.29 is 0 Å². The van der Waals surface area contributed by atoms with Gasteiger partial charge < -0.3 is 0 Å². The van der Waals surface area contributed by atoms with E-state index in [4.69, 9.17) is 0 Å². The Hall–Kier alpha value is -7.80. The fourth-order valence-corrected chi connectivity index (χ4v) is 11.2. The summed E-state index contributed by atoms with van der Waals surface area (Å²) in [6, 6.07) is 77.6. The van der Waals surface area contributed by atoms with Crippen LogP contribution in [0.5, 0.6) is 0 Å². The van der Waals surface area contributed by atoms with Gasteiger partial charge in [0.2, 0.25) is 0 Å². The van der Waals surface area contributed by atoms with E-state index in [2.05, 4.69) is 206 Å². The topological polar surface area (TPSA) is 0 Å². The SMILES string of the molecule is c1ccc(-c2ccc3c4ccccc4c4c(-c5ccccc5)c5cc6c(cc5c(-c5ccccc5)c4c3c2)-c2ccc3c4cccc5cccc(c7ccc-6c2c73)c54)cc1. The molecule has 0 fully saturated rings. The molecule has 14 rings (SSSR count). The fraction of sp³-hybridized carbons (Fsp3) is 0. The first-order valence-electron chi connectivity index (χ1n) is 21.0. The highest BCUT2D eigenvalue weighted by molar-refractivity contribution is 6.40. The van der Waals surface area contributed by atoms with E-state index in [1.165, 1.54) is 142 Å². The lowest BCUT2D eigenvalue weighted by atomic mass is 9.80. The Morgan fingerprint density at radius 1 is 0.183 bits per heavy atom. The van der Waals surface area contributed by atoms with Crippen molar-refractivity contribution >= 4 is 86.2 Å². The van der Waals surface area contributed by atoms with E-state index in [0.29, 0.717) is 0 Å². The maximum Gasteiger partial charge on any atom is -0.000742 e. The van der Waals surface area contributed by atoms with Crippen molar-refractivity contribution in [1.29, 1.82) is 0 Å². The second-order valence-electron chi connectivity index (χ2n) is 16.6. The highest BCUT2D eigenvalue weighted by atomic mass is 14.3. The van der Waals surface area contributed by atoms with Crippen molar-refractivity contribution in [3.05, 3.63) is 206 Å². The van der Waals surface area contributed by atoms with Gasteiger partial charge in [0.15, 0.2) is 0 Å². The molecule has 0 N–H and O–H groups in total. The molecule has 0 aromatic heterocycles. The summed E-state index contributed by atoms with van der Waals surface area (Å²) >= 11 is 0. The maximum absolute atomic E-state index is 2.55. The average molecular weight is 755 g/mol.